The Hall–Kier alpha value is -2.88. The van der Waals surface area contributed by atoms with Crippen molar-refractivity contribution in [2.45, 2.75) is 13.0 Å². The first-order chi connectivity index (χ1) is 11.3. The van der Waals surface area contributed by atoms with Crippen LogP contribution >= 0.6 is 0 Å². The van der Waals surface area contributed by atoms with E-state index >= 15 is 0 Å². The maximum absolute atomic E-state index is 12.7. The molecule has 2 aromatic carbocycles. The smallest absolute Gasteiger partial charge is 0.258 e. The van der Waals surface area contributed by atoms with Gasteiger partial charge in [0.05, 0.1) is 6.33 Å². The van der Waals surface area contributed by atoms with Crippen LogP contribution in [0.4, 0.5) is 5.69 Å². The number of imidazole rings is 1. The topological polar surface area (TPSA) is 38.1 Å². The van der Waals surface area contributed by atoms with Gasteiger partial charge in [-0.15, -0.1) is 0 Å². The SMILES string of the molecule is O=C(c1ccc(Cn2ccnc2)cc1)N1CCc2ccccc21. The Balaban J connectivity index is 1.53. The second kappa shape index (κ2) is 5.72. The molecule has 0 unspecified atom stereocenters. The van der Waals surface area contributed by atoms with Gasteiger partial charge in [0.1, 0.15) is 0 Å². The summed E-state index contributed by atoms with van der Waals surface area (Å²) in [5.41, 5.74) is 4.18. The molecule has 0 aliphatic carbocycles. The number of rotatable bonds is 3. The summed E-state index contributed by atoms with van der Waals surface area (Å²) in [5.74, 6) is 0.0733. The third kappa shape index (κ3) is 2.63. The van der Waals surface area contributed by atoms with E-state index in [0.717, 1.165) is 36.3 Å². The van der Waals surface area contributed by atoms with Crippen molar-refractivity contribution in [1.82, 2.24) is 9.55 Å². The summed E-state index contributed by atoms with van der Waals surface area (Å²) in [6.45, 7) is 1.52. The average molecular weight is 303 g/mol. The lowest BCUT2D eigenvalue weighted by Gasteiger charge is -2.17. The summed E-state index contributed by atoms with van der Waals surface area (Å²) in [4.78, 5) is 18.7. The highest BCUT2D eigenvalue weighted by Crippen LogP contribution is 2.28. The number of anilines is 1. The molecule has 114 valence electrons. The molecular formula is C19H17N3O. The van der Waals surface area contributed by atoms with Crippen molar-refractivity contribution < 1.29 is 4.79 Å². The molecule has 0 N–H and O–H groups in total. The third-order valence-electron chi connectivity index (χ3n) is 4.26. The highest BCUT2D eigenvalue weighted by Gasteiger charge is 2.24. The minimum Gasteiger partial charge on any atom is -0.333 e. The lowest BCUT2D eigenvalue weighted by Crippen LogP contribution is -2.28. The number of nitrogens with zero attached hydrogens (tertiary/aromatic N) is 3. The normalized spacial score (nSPS) is 13.1. The Labute approximate surface area is 135 Å². The molecule has 3 aromatic rings. The number of amides is 1. The quantitative estimate of drug-likeness (QED) is 0.745. The lowest BCUT2D eigenvalue weighted by atomic mass is 10.1. The van der Waals surface area contributed by atoms with E-state index in [-0.39, 0.29) is 5.91 Å². The summed E-state index contributed by atoms with van der Waals surface area (Å²) in [5, 5.41) is 0. The number of para-hydroxylation sites is 1. The first-order valence-electron chi connectivity index (χ1n) is 7.76. The fourth-order valence-electron chi connectivity index (χ4n) is 3.05. The molecule has 0 fully saturated rings. The first-order valence-corrected chi connectivity index (χ1v) is 7.76. The molecular weight excluding hydrogens is 286 g/mol. The number of hydrogen-bond acceptors (Lipinski definition) is 2. The van der Waals surface area contributed by atoms with E-state index in [2.05, 4.69) is 11.1 Å². The summed E-state index contributed by atoms with van der Waals surface area (Å²) < 4.78 is 2.01. The van der Waals surface area contributed by atoms with Gasteiger partial charge in [-0.3, -0.25) is 4.79 Å². The molecule has 0 saturated heterocycles. The Kier molecular flexibility index (Phi) is 3.42. The predicted molar refractivity (Wildman–Crippen MR) is 89.6 cm³/mol. The van der Waals surface area contributed by atoms with Gasteiger partial charge >= 0.3 is 0 Å². The highest BCUT2D eigenvalue weighted by atomic mass is 16.2. The molecule has 4 nitrogen and oxygen atoms in total. The second-order valence-electron chi connectivity index (χ2n) is 5.77. The molecule has 0 radical (unpaired) electrons. The third-order valence-corrected chi connectivity index (χ3v) is 4.26. The molecule has 1 aliphatic rings. The maximum Gasteiger partial charge on any atom is 0.258 e. The van der Waals surface area contributed by atoms with Gasteiger partial charge in [0, 0.05) is 36.7 Å². The van der Waals surface area contributed by atoms with Crippen LogP contribution in [0.15, 0.2) is 67.3 Å². The molecule has 2 heterocycles. The van der Waals surface area contributed by atoms with E-state index in [0.29, 0.717) is 0 Å². The average Bonchev–Trinajstić information content (AvgIpc) is 3.24. The summed E-state index contributed by atoms with van der Waals surface area (Å²) in [7, 11) is 0. The minimum absolute atomic E-state index is 0.0733. The zero-order chi connectivity index (χ0) is 15.6. The van der Waals surface area contributed by atoms with Gasteiger partial charge in [0.2, 0.25) is 0 Å². The van der Waals surface area contributed by atoms with Crippen LogP contribution in [0.1, 0.15) is 21.5 Å². The Morgan fingerprint density at radius 2 is 1.91 bits per heavy atom. The van der Waals surface area contributed by atoms with Crippen LogP contribution in [-0.4, -0.2) is 22.0 Å². The highest BCUT2D eigenvalue weighted by molar-refractivity contribution is 6.07. The number of benzene rings is 2. The molecule has 4 heteroatoms. The molecule has 1 aromatic heterocycles. The molecule has 23 heavy (non-hydrogen) atoms. The Bertz CT molecular complexity index is 822. The monoisotopic (exact) mass is 303 g/mol. The largest absolute Gasteiger partial charge is 0.333 e. The number of hydrogen-bond donors (Lipinski definition) is 0. The summed E-state index contributed by atoms with van der Waals surface area (Å²) in [6.07, 6.45) is 6.42. The van der Waals surface area contributed by atoms with E-state index in [1.165, 1.54) is 5.56 Å². The second-order valence-corrected chi connectivity index (χ2v) is 5.77. The van der Waals surface area contributed by atoms with Crippen molar-refractivity contribution in [3.63, 3.8) is 0 Å². The van der Waals surface area contributed by atoms with E-state index < -0.39 is 0 Å². The molecule has 1 aliphatic heterocycles. The maximum atomic E-state index is 12.7. The summed E-state index contributed by atoms with van der Waals surface area (Å²) >= 11 is 0. The van der Waals surface area contributed by atoms with Crippen LogP contribution in [0.5, 0.6) is 0 Å². The van der Waals surface area contributed by atoms with Crippen LogP contribution in [-0.2, 0) is 13.0 Å². The van der Waals surface area contributed by atoms with Crippen molar-refractivity contribution in [3.8, 4) is 0 Å². The zero-order valence-electron chi connectivity index (χ0n) is 12.7. The minimum atomic E-state index is 0.0733. The van der Waals surface area contributed by atoms with Gasteiger partial charge in [-0.05, 0) is 35.7 Å². The van der Waals surface area contributed by atoms with Gasteiger partial charge in [0.25, 0.3) is 5.91 Å². The fraction of sp³-hybridized carbons (Fsp3) is 0.158. The molecule has 0 saturated carbocycles. The van der Waals surface area contributed by atoms with Crippen molar-refractivity contribution in [2.75, 3.05) is 11.4 Å². The lowest BCUT2D eigenvalue weighted by molar-refractivity contribution is 0.0989. The zero-order valence-corrected chi connectivity index (χ0v) is 12.7. The molecule has 0 spiro atoms. The van der Waals surface area contributed by atoms with Gasteiger partial charge in [-0.1, -0.05) is 30.3 Å². The van der Waals surface area contributed by atoms with Crippen LogP contribution in [0.25, 0.3) is 0 Å². The molecule has 4 rings (SSSR count). The molecule has 1 amide bonds. The molecule has 0 bridgehead atoms. The van der Waals surface area contributed by atoms with E-state index in [1.807, 2.05) is 58.1 Å². The predicted octanol–water partition coefficient (Wildman–Crippen LogP) is 3.13. The van der Waals surface area contributed by atoms with Gasteiger partial charge < -0.3 is 9.47 Å². The van der Waals surface area contributed by atoms with Crippen molar-refractivity contribution in [1.29, 1.82) is 0 Å². The standard InChI is InChI=1S/C19H17N3O/c23-19(22-11-9-16-3-1-2-4-18(16)22)17-7-5-15(6-8-17)13-21-12-10-20-14-21/h1-8,10,12,14H,9,11,13H2. The molecule has 0 atom stereocenters. The van der Waals surface area contributed by atoms with Gasteiger partial charge in [-0.25, -0.2) is 4.98 Å². The van der Waals surface area contributed by atoms with Crippen LogP contribution in [0.3, 0.4) is 0 Å². The van der Waals surface area contributed by atoms with E-state index in [9.17, 15) is 4.79 Å². The van der Waals surface area contributed by atoms with Crippen LogP contribution in [0.2, 0.25) is 0 Å². The van der Waals surface area contributed by atoms with Crippen molar-refractivity contribution in [3.05, 3.63) is 83.9 Å². The number of carbonyl (C=O) groups excluding carboxylic acids is 1. The number of carbonyl (C=O) groups is 1. The van der Waals surface area contributed by atoms with Crippen molar-refractivity contribution >= 4 is 11.6 Å². The van der Waals surface area contributed by atoms with Crippen LogP contribution in [0, 0.1) is 0 Å². The number of fused-ring (bicyclic) bond motifs is 1. The summed E-state index contributed by atoms with van der Waals surface area (Å²) in [6, 6.07) is 16.0. The van der Waals surface area contributed by atoms with Gasteiger partial charge in [-0.2, -0.15) is 0 Å². The first kappa shape index (κ1) is 13.8. The Morgan fingerprint density at radius 3 is 2.70 bits per heavy atom. The number of aromatic nitrogens is 2. The Morgan fingerprint density at radius 1 is 1.09 bits per heavy atom. The fourth-order valence-corrected chi connectivity index (χ4v) is 3.05. The van der Waals surface area contributed by atoms with Crippen LogP contribution < -0.4 is 4.90 Å². The van der Waals surface area contributed by atoms with Crippen molar-refractivity contribution in [2.24, 2.45) is 0 Å². The van der Waals surface area contributed by atoms with E-state index in [1.54, 1.807) is 12.5 Å². The van der Waals surface area contributed by atoms with Gasteiger partial charge in [0.15, 0.2) is 0 Å². The van der Waals surface area contributed by atoms with E-state index in [4.69, 9.17) is 0 Å².